The van der Waals surface area contributed by atoms with Gasteiger partial charge in [0.15, 0.2) is 0 Å². The molecule has 1 N–H and O–H groups in total. The van der Waals surface area contributed by atoms with Crippen molar-refractivity contribution in [1.82, 2.24) is 9.62 Å². The van der Waals surface area contributed by atoms with E-state index in [0.717, 1.165) is 12.8 Å². The number of ether oxygens (including phenoxy) is 2. The van der Waals surface area contributed by atoms with E-state index in [-0.39, 0.29) is 47.1 Å². The molecule has 0 saturated carbocycles. The van der Waals surface area contributed by atoms with Crippen molar-refractivity contribution >= 4 is 38.9 Å². The van der Waals surface area contributed by atoms with Gasteiger partial charge in [0.1, 0.15) is 16.5 Å². The average molecular weight is 528 g/mol. The van der Waals surface area contributed by atoms with Crippen molar-refractivity contribution in [2.75, 3.05) is 39.5 Å². The molecule has 2 heterocycles. The Morgan fingerprint density at radius 2 is 1.94 bits per heavy atom. The Hall–Kier alpha value is -1.93. The van der Waals surface area contributed by atoms with Crippen LogP contribution in [0.15, 0.2) is 41.3 Å². The van der Waals surface area contributed by atoms with Crippen molar-refractivity contribution < 1.29 is 22.3 Å². The molecule has 0 atom stereocenters. The van der Waals surface area contributed by atoms with Gasteiger partial charge in [-0.1, -0.05) is 23.2 Å². The fourth-order valence-electron chi connectivity index (χ4n) is 4.12. The first-order valence-corrected chi connectivity index (χ1v) is 13.0. The largest absolute Gasteiger partial charge is 0.493 e. The Morgan fingerprint density at radius 1 is 1.21 bits per heavy atom. The Kier molecular flexibility index (Phi) is 7.67. The van der Waals surface area contributed by atoms with Gasteiger partial charge in [-0.2, -0.15) is 4.31 Å². The minimum Gasteiger partial charge on any atom is -0.493 e. The molecule has 182 valence electrons. The first-order valence-electron chi connectivity index (χ1n) is 10.8. The molecule has 11 heteroatoms. The molecule has 2 aliphatic rings. The Bertz CT molecular complexity index is 1190. The molecule has 0 unspecified atom stereocenters. The summed E-state index contributed by atoms with van der Waals surface area (Å²) in [5, 5.41) is 3.94. The highest BCUT2D eigenvalue weighted by atomic mass is 35.5. The molecular formula is C23H24Cl2FN3O4S. The number of hydrogen-bond donors (Lipinski definition) is 1. The van der Waals surface area contributed by atoms with E-state index >= 15 is 0 Å². The maximum absolute atomic E-state index is 14.0. The lowest BCUT2D eigenvalue weighted by Gasteiger charge is -2.49. The molecule has 2 fully saturated rings. The molecule has 0 bridgehead atoms. The topological polar surface area (TPSA) is 72.2 Å². The van der Waals surface area contributed by atoms with Crippen molar-refractivity contribution in [1.29, 1.82) is 0 Å². The van der Waals surface area contributed by atoms with Gasteiger partial charge in [0.25, 0.3) is 0 Å². The number of benzene rings is 2. The summed E-state index contributed by atoms with van der Waals surface area (Å²) in [6, 6.07) is 8.65. The fraction of sp³-hybridized carbons (Fsp3) is 0.435. The molecule has 34 heavy (non-hydrogen) atoms. The predicted octanol–water partition coefficient (Wildman–Crippen LogP) is 4.52. The lowest BCUT2D eigenvalue weighted by molar-refractivity contribution is 0.0105. The van der Waals surface area contributed by atoms with Crippen molar-refractivity contribution in [3.05, 3.63) is 63.7 Å². The highest BCUT2D eigenvalue weighted by Gasteiger charge is 2.49. The minimum atomic E-state index is -3.82. The van der Waals surface area contributed by atoms with E-state index in [1.807, 2.05) is 0 Å². The van der Waals surface area contributed by atoms with Gasteiger partial charge in [-0.3, -0.25) is 0 Å². The SMILES string of the molecule is [C-]#[N+]c1ccc(OCC2(CNC3CCOCC3)CN(S(=O)(=O)c3ccc(Cl)cc3Cl)C2)cc1F. The highest BCUT2D eigenvalue weighted by Crippen LogP contribution is 2.38. The lowest BCUT2D eigenvalue weighted by atomic mass is 9.82. The van der Waals surface area contributed by atoms with E-state index in [2.05, 4.69) is 10.2 Å². The quantitative estimate of drug-likeness (QED) is 0.511. The third kappa shape index (κ3) is 5.48. The fourth-order valence-corrected chi connectivity index (χ4v) is 6.53. The van der Waals surface area contributed by atoms with Crippen LogP contribution in [0.3, 0.4) is 0 Å². The highest BCUT2D eigenvalue weighted by molar-refractivity contribution is 7.89. The summed E-state index contributed by atoms with van der Waals surface area (Å²) in [6.45, 7) is 9.48. The predicted molar refractivity (Wildman–Crippen MR) is 128 cm³/mol. The zero-order chi connectivity index (χ0) is 24.3. The summed E-state index contributed by atoms with van der Waals surface area (Å²) >= 11 is 12.1. The average Bonchev–Trinajstić information content (AvgIpc) is 2.78. The van der Waals surface area contributed by atoms with E-state index in [1.54, 1.807) is 0 Å². The normalized spacial score (nSPS) is 18.8. The van der Waals surface area contributed by atoms with Crippen LogP contribution < -0.4 is 10.1 Å². The van der Waals surface area contributed by atoms with Gasteiger partial charge in [0.05, 0.1) is 18.2 Å². The number of sulfonamides is 1. The van der Waals surface area contributed by atoms with Gasteiger partial charge < -0.3 is 14.8 Å². The molecule has 0 radical (unpaired) electrons. The van der Waals surface area contributed by atoms with Crippen molar-refractivity contribution in [3.8, 4) is 5.75 Å². The van der Waals surface area contributed by atoms with E-state index < -0.39 is 21.3 Å². The summed E-state index contributed by atoms with van der Waals surface area (Å²) in [4.78, 5) is 3.12. The maximum Gasteiger partial charge on any atom is 0.244 e. The van der Waals surface area contributed by atoms with Gasteiger partial charge in [0, 0.05) is 55.4 Å². The molecule has 0 aliphatic carbocycles. The monoisotopic (exact) mass is 527 g/mol. The van der Waals surface area contributed by atoms with Gasteiger partial charge >= 0.3 is 0 Å². The summed E-state index contributed by atoms with van der Waals surface area (Å²) in [6.07, 6.45) is 1.76. The first-order chi connectivity index (χ1) is 16.2. The molecule has 0 spiro atoms. The summed E-state index contributed by atoms with van der Waals surface area (Å²) < 4.78 is 53.0. The van der Waals surface area contributed by atoms with Crippen LogP contribution in [-0.2, 0) is 14.8 Å². The maximum atomic E-state index is 14.0. The lowest BCUT2D eigenvalue weighted by Crippen LogP contribution is -2.65. The molecular weight excluding hydrogens is 504 g/mol. The Morgan fingerprint density at radius 3 is 2.59 bits per heavy atom. The molecule has 4 rings (SSSR count). The first kappa shape index (κ1) is 25.2. The van der Waals surface area contributed by atoms with Crippen molar-refractivity contribution in [2.45, 2.75) is 23.8 Å². The number of rotatable bonds is 8. The van der Waals surface area contributed by atoms with Crippen LogP contribution in [0, 0.1) is 17.8 Å². The number of nitrogens with zero attached hydrogens (tertiary/aromatic N) is 2. The van der Waals surface area contributed by atoms with Crippen molar-refractivity contribution in [3.63, 3.8) is 0 Å². The van der Waals surface area contributed by atoms with Crippen LogP contribution in [0.5, 0.6) is 5.75 Å². The molecule has 2 aromatic carbocycles. The molecule has 2 aliphatic heterocycles. The van der Waals surface area contributed by atoms with Crippen LogP contribution >= 0.6 is 23.2 Å². The smallest absolute Gasteiger partial charge is 0.244 e. The van der Waals surface area contributed by atoms with Crippen LogP contribution in [0.2, 0.25) is 10.0 Å². The van der Waals surface area contributed by atoms with Gasteiger partial charge in [-0.25, -0.2) is 17.7 Å². The summed E-state index contributed by atoms with van der Waals surface area (Å²) in [7, 11) is -3.82. The van der Waals surface area contributed by atoms with E-state index in [0.29, 0.717) is 24.8 Å². The van der Waals surface area contributed by atoms with Gasteiger partial charge in [-0.15, -0.1) is 0 Å². The number of nitrogens with one attached hydrogen (secondary N) is 1. The standard InChI is InChI=1S/C23H24Cl2FN3O4S/c1-27-21-4-3-18(11-20(21)26)33-15-23(12-28-17-6-8-32-9-7-17)13-29(14-23)34(30,31)22-5-2-16(24)10-19(22)25/h2-5,10-11,17,28H,6-9,12-15H2. The van der Waals surface area contributed by atoms with Crippen LogP contribution in [0.1, 0.15) is 12.8 Å². The number of halogens is 3. The molecule has 2 saturated heterocycles. The van der Waals surface area contributed by atoms with Crippen LogP contribution in [0.25, 0.3) is 4.85 Å². The minimum absolute atomic E-state index is 0.00211. The van der Waals surface area contributed by atoms with Gasteiger partial charge in [-0.05, 0) is 43.2 Å². The van der Waals surface area contributed by atoms with E-state index in [4.69, 9.17) is 39.2 Å². The van der Waals surface area contributed by atoms with Crippen LogP contribution in [-0.4, -0.2) is 58.2 Å². The third-order valence-corrected chi connectivity index (χ3v) is 8.62. The summed E-state index contributed by atoms with van der Waals surface area (Å²) in [5.74, 6) is -0.366. The zero-order valence-electron chi connectivity index (χ0n) is 18.3. The van der Waals surface area contributed by atoms with Crippen LogP contribution in [0.4, 0.5) is 10.1 Å². The second-order valence-electron chi connectivity index (χ2n) is 8.63. The molecule has 7 nitrogen and oxygen atoms in total. The van der Waals surface area contributed by atoms with Crippen molar-refractivity contribution in [2.24, 2.45) is 5.41 Å². The third-order valence-electron chi connectivity index (χ3n) is 6.11. The molecule has 2 aromatic rings. The molecule has 0 aromatic heterocycles. The van der Waals surface area contributed by atoms with E-state index in [9.17, 15) is 12.8 Å². The second-order valence-corrected chi connectivity index (χ2v) is 11.4. The Balaban J connectivity index is 1.48. The Labute approximate surface area is 208 Å². The van der Waals surface area contributed by atoms with Gasteiger partial charge in [0.2, 0.25) is 15.7 Å². The second kappa shape index (κ2) is 10.4. The summed E-state index contributed by atoms with van der Waals surface area (Å²) in [5.41, 5.74) is -0.594. The zero-order valence-corrected chi connectivity index (χ0v) is 20.6. The number of hydrogen-bond acceptors (Lipinski definition) is 5. The van der Waals surface area contributed by atoms with E-state index in [1.165, 1.54) is 40.7 Å². The molecule has 0 amide bonds.